The van der Waals surface area contributed by atoms with E-state index in [1.54, 1.807) is 11.3 Å². The predicted molar refractivity (Wildman–Crippen MR) is 314 cm³/mol. The second-order valence-corrected chi connectivity index (χ2v) is 26.2. The molecule has 0 saturated heterocycles. The van der Waals surface area contributed by atoms with E-state index in [9.17, 15) is 5.11 Å². The molecular weight excluding hydrogens is 907 g/mol. The highest BCUT2D eigenvalue weighted by Crippen LogP contribution is 2.48. The summed E-state index contributed by atoms with van der Waals surface area (Å²) in [7, 11) is 0. The Morgan fingerprint density at radius 2 is 1.03 bits per heavy atom. The van der Waals surface area contributed by atoms with Crippen LogP contribution in [-0.2, 0) is 27.1 Å². The van der Waals surface area contributed by atoms with E-state index in [4.69, 9.17) is 9.97 Å². The Kier molecular flexibility index (Phi) is 13.2. The number of anilines is 3. The topological polar surface area (TPSA) is 49.2 Å². The Bertz CT molecular complexity index is 3440. The van der Waals surface area contributed by atoms with Crippen molar-refractivity contribution in [3.8, 4) is 61.0 Å². The van der Waals surface area contributed by atoms with Crippen molar-refractivity contribution in [1.82, 2.24) is 9.97 Å². The molecule has 3 aromatic heterocycles. The van der Waals surface area contributed by atoms with E-state index in [1.165, 1.54) is 31.8 Å². The number of hydrogen-bond acceptors (Lipinski definition) is 5. The third kappa shape index (κ3) is 10.7. The van der Waals surface area contributed by atoms with Gasteiger partial charge < -0.3 is 5.11 Å². The number of thiophene rings is 1. The van der Waals surface area contributed by atoms with Crippen molar-refractivity contribution in [2.24, 2.45) is 0 Å². The smallest absolute Gasteiger partial charge is 0.138 e. The van der Waals surface area contributed by atoms with E-state index in [0.717, 1.165) is 67.2 Å². The highest BCUT2D eigenvalue weighted by atomic mass is 32.1. The molecule has 372 valence electrons. The number of fused-ring (bicyclic) bond motifs is 1. The van der Waals surface area contributed by atoms with Crippen LogP contribution >= 0.6 is 11.3 Å². The molecule has 6 aromatic carbocycles. The number of phenols is 1. The Balaban J connectivity index is 1.33. The number of nitrogens with zero attached hydrogens (tertiary/aromatic N) is 3. The zero-order valence-electron chi connectivity index (χ0n) is 45.8. The van der Waals surface area contributed by atoms with Gasteiger partial charge in [0.25, 0.3) is 0 Å². The minimum absolute atomic E-state index is 0.0801. The van der Waals surface area contributed by atoms with Crippen molar-refractivity contribution in [2.45, 2.75) is 131 Å². The van der Waals surface area contributed by atoms with Gasteiger partial charge in [-0.3, -0.25) is 9.88 Å². The van der Waals surface area contributed by atoms with Gasteiger partial charge in [0.05, 0.1) is 17.1 Å². The first-order chi connectivity index (χ1) is 34.2. The average Bonchev–Trinajstić information content (AvgIpc) is 3.78. The van der Waals surface area contributed by atoms with Gasteiger partial charge in [-0.05, 0) is 120 Å². The van der Waals surface area contributed by atoms with E-state index in [0.29, 0.717) is 11.3 Å². The number of phenolic OH excluding ortho intramolecular Hbond substituents is 1. The van der Waals surface area contributed by atoms with Crippen molar-refractivity contribution in [3.05, 3.63) is 192 Å². The summed E-state index contributed by atoms with van der Waals surface area (Å²) in [5.74, 6) is 0.986. The zero-order chi connectivity index (χ0) is 52.4. The van der Waals surface area contributed by atoms with Gasteiger partial charge in [-0.2, -0.15) is 0 Å². The molecule has 0 spiro atoms. The number of aromatic nitrogens is 2. The highest BCUT2D eigenvalue weighted by Gasteiger charge is 2.29. The molecule has 0 aliphatic carbocycles. The summed E-state index contributed by atoms with van der Waals surface area (Å²) in [4.78, 5) is 14.4. The molecule has 9 aromatic rings. The minimum atomic E-state index is -0.332. The van der Waals surface area contributed by atoms with Crippen LogP contribution in [0.15, 0.2) is 164 Å². The van der Waals surface area contributed by atoms with Crippen LogP contribution in [0.5, 0.6) is 5.75 Å². The van der Waals surface area contributed by atoms with Crippen molar-refractivity contribution in [2.75, 3.05) is 4.90 Å². The van der Waals surface area contributed by atoms with E-state index >= 15 is 0 Å². The maximum absolute atomic E-state index is 12.6. The van der Waals surface area contributed by atoms with Gasteiger partial charge in [0.15, 0.2) is 0 Å². The number of aromatic hydroxyl groups is 1. The van der Waals surface area contributed by atoms with Gasteiger partial charge in [0.1, 0.15) is 11.6 Å². The molecule has 9 rings (SSSR count). The summed E-state index contributed by atoms with van der Waals surface area (Å²) in [5, 5.41) is 13.7. The van der Waals surface area contributed by atoms with Crippen LogP contribution in [-0.4, -0.2) is 15.1 Å². The largest absolute Gasteiger partial charge is 0.507 e. The summed E-state index contributed by atoms with van der Waals surface area (Å²) in [5.41, 5.74) is 16.0. The number of pyridine rings is 2. The summed E-state index contributed by atoms with van der Waals surface area (Å²) >= 11 is 1.81. The SMILES string of the molecule is CC(C)(C)c1ccc(-c2cc3c(-c4cccc(N(c5cc(-c6cc(C(C)(C)C)cc(C(C)(C)C)c6)cc(-c6cc(C(C)(C)C)cc(C(C)(C)C)c6O)n5)c5ccccc5-c5ccccc5)c4)nccc3s2)cc1. The first-order valence-corrected chi connectivity index (χ1v) is 26.7. The lowest BCUT2D eigenvalue weighted by Gasteiger charge is -2.30. The van der Waals surface area contributed by atoms with Crippen LogP contribution in [0.4, 0.5) is 17.2 Å². The van der Waals surface area contributed by atoms with Gasteiger partial charge in [0.2, 0.25) is 0 Å². The van der Waals surface area contributed by atoms with E-state index in [-0.39, 0.29) is 32.8 Å². The molecule has 73 heavy (non-hydrogen) atoms. The molecule has 0 amide bonds. The molecule has 1 N–H and O–H groups in total. The van der Waals surface area contributed by atoms with Crippen LogP contribution in [0.25, 0.3) is 65.3 Å². The quantitative estimate of drug-likeness (QED) is 0.165. The lowest BCUT2D eigenvalue weighted by molar-refractivity contribution is 0.446. The van der Waals surface area contributed by atoms with Crippen LogP contribution < -0.4 is 4.90 Å². The van der Waals surface area contributed by atoms with Gasteiger partial charge >= 0.3 is 0 Å². The molecule has 0 radical (unpaired) electrons. The maximum atomic E-state index is 12.6. The van der Waals surface area contributed by atoms with E-state index in [1.807, 2.05) is 6.20 Å². The predicted octanol–water partition coefficient (Wildman–Crippen LogP) is 19.7. The van der Waals surface area contributed by atoms with E-state index in [2.05, 4.69) is 266 Å². The molecule has 0 fully saturated rings. The monoisotopic (exact) mass is 980 g/mol. The average molecular weight is 980 g/mol. The normalized spacial score (nSPS) is 12.6. The standard InChI is InChI=1S/C68H73N3OS/c1-64(2,3)48-30-28-44(29-31-48)60-42-55-59(73-60)32-33-69-62(55)45-24-21-25-52(36-45)71(58-27-20-19-26-53(58)43-22-17-16-18-23-43)61-38-47(46-34-49(65(4,5)6)39-50(35-46)66(7,8)9)37-57(70-61)54-40-51(67(10,11)12)41-56(63(54)72)68(13,14)15/h16-42,72H,1-15H3. The van der Waals surface area contributed by atoms with Gasteiger partial charge in [-0.25, -0.2) is 4.98 Å². The summed E-state index contributed by atoms with van der Waals surface area (Å²) in [6.07, 6.45) is 1.94. The second kappa shape index (κ2) is 18.9. The number of benzene rings is 6. The Hall–Kier alpha value is -6.82. The minimum Gasteiger partial charge on any atom is -0.507 e. The van der Waals surface area contributed by atoms with Crippen molar-refractivity contribution in [3.63, 3.8) is 0 Å². The molecule has 0 aliphatic heterocycles. The summed E-state index contributed by atoms with van der Waals surface area (Å²) < 4.78 is 1.19. The number of hydrogen-bond donors (Lipinski definition) is 1. The first kappa shape index (κ1) is 51.1. The summed E-state index contributed by atoms with van der Waals surface area (Å²) in [6.45, 7) is 33.7. The fraction of sp³-hybridized carbons (Fsp3) is 0.294. The summed E-state index contributed by atoms with van der Waals surface area (Å²) in [6, 6.07) is 57.3. The number of para-hydroxylation sites is 1. The van der Waals surface area contributed by atoms with Gasteiger partial charge in [-0.15, -0.1) is 11.3 Å². The Morgan fingerprint density at radius 1 is 0.438 bits per heavy atom. The first-order valence-electron chi connectivity index (χ1n) is 25.9. The fourth-order valence-electron chi connectivity index (χ4n) is 9.62. The molecule has 0 aliphatic rings. The van der Waals surface area contributed by atoms with Crippen LogP contribution in [0.1, 0.15) is 132 Å². The van der Waals surface area contributed by atoms with Gasteiger partial charge in [-0.1, -0.05) is 213 Å². The van der Waals surface area contributed by atoms with E-state index < -0.39 is 0 Å². The third-order valence-electron chi connectivity index (χ3n) is 14.2. The van der Waals surface area contributed by atoms with Crippen molar-refractivity contribution in [1.29, 1.82) is 0 Å². The molecule has 0 saturated carbocycles. The second-order valence-electron chi connectivity index (χ2n) is 25.1. The van der Waals surface area contributed by atoms with Gasteiger partial charge in [0, 0.05) is 49.1 Å². The number of rotatable bonds is 8. The van der Waals surface area contributed by atoms with Crippen LogP contribution in [0.2, 0.25) is 0 Å². The molecule has 0 atom stereocenters. The fourth-order valence-corrected chi connectivity index (χ4v) is 10.7. The van der Waals surface area contributed by atoms with Crippen molar-refractivity contribution >= 4 is 38.6 Å². The molecule has 0 bridgehead atoms. The molecule has 3 heterocycles. The Morgan fingerprint density at radius 3 is 1.66 bits per heavy atom. The third-order valence-corrected chi connectivity index (χ3v) is 15.3. The Labute approximate surface area is 439 Å². The molecule has 0 unspecified atom stereocenters. The lowest BCUT2D eigenvalue weighted by Crippen LogP contribution is -2.17. The van der Waals surface area contributed by atoms with Crippen LogP contribution in [0, 0.1) is 0 Å². The molecule has 4 nitrogen and oxygen atoms in total. The zero-order valence-corrected chi connectivity index (χ0v) is 46.6. The molecule has 5 heteroatoms. The van der Waals surface area contributed by atoms with Crippen LogP contribution in [0.3, 0.4) is 0 Å². The maximum Gasteiger partial charge on any atom is 0.138 e. The van der Waals surface area contributed by atoms with Crippen molar-refractivity contribution < 1.29 is 5.11 Å². The lowest BCUT2D eigenvalue weighted by atomic mass is 9.78. The highest BCUT2D eigenvalue weighted by molar-refractivity contribution is 7.22. The molecular formula is C68H73N3OS.